The Kier molecular flexibility index (Phi) is 4.30. The summed E-state index contributed by atoms with van der Waals surface area (Å²) in [6.07, 6.45) is 0.391. The van der Waals surface area contributed by atoms with Gasteiger partial charge in [-0.25, -0.2) is 4.39 Å². The van der Waals surface area contributed by atoms with E-state index in [9.17, 15) is 14.0 Å². The monoisotopic (exact) mass is 332 g/mol. The topological polar surface area (TPSA) is 49.4 Å². The quantitative estimate of drug-likeness (QED) is 0.875. The van der Waals surface area contributed by atoms with E-state index in [1.165, 1.54) is 23.1 Å². The van der Waals surface area contributed by atoms with Crippen LogP contribution in [0.25, 0.3) is 0 Å². The van der Waals surface area contributed by atoms with Crippen LogP contribution in [0.2, 0.25) is 5.02 Å². The smallest absolute Gasteiger partial charge is 0.239 e. The van der Waals surface area contributed by atoms with Crippen molar-refractivity contribution in [2.75, 3.05) is 16.8 Å². The van der Waals surface area contributed by atoms with Gasteiger partial charge in [0.1, 0.15) is 11.7 Å². The third kappa shape index (κ3) is 3.35. The van der Waals surface area contributed by atoms with Crippen LogP contribution in [0.15, 0.2) is 48.5 Å². The van der Waals surface area contributed by atoms with Crippen LogP contribution in [0.3, 0.4) is 0 Å². The standard InChI is InChI=1S/C17H14ClFN2O2/c18-11-3-1-5-13(9-11)20-16(22)15-7-8-21(17(15)23)14-6-2-4-12(19)10-14/h1-6,9-10,15H,7-8H2,(H,20,22)/t15-/m0/s1. The van der Waals surface area contributed by atoms with Gasteiger partial charge in [0.2, 0.25) is 11.8 Å². The van der Waals surface area contributed by atoms with Crippen molar-refractivity contribution in [1.82, 2.24) is 0 Å². The molecular formula is C17H14ClFN2O2. The number of hydrogen-bond donors (Lipinski definition) is 1. The van der Waals surface area contributed by atoms with Gasteiger partial charge >= 0.3 is 0 Å². The second-order valence-electron chi connectivity index (χ2n) is 5.31. The van der Waals surface area contributed by atoms with Crippen LogP contribution in [0.4, 0.5) is 15.8 Å². The molecule has 0 radical (unpaired) electrons. The summed E-state index contributed by atoms with van der Waals surface area (Å²) in [5, 5.41) is 3.20. The molecule has 0 bridgehead atoms. The van der Waals surface area contributed by atoms with E-state index in [4.69, 9.17) is 11.6 Å². The minimum atomic E-state index is -0.780. The Morgan fingerprint density at radius 2 is 2.00 bits per heavy atom. The van der Waals surface area contributed by atoms with Crippen molar-refractivity contribution in [2.45, 2.75) is 6.42 Å². The average Bonchev–Trinajstić information content (AvgIpc) is 2.89. The molecule has 0 spiro atoms. The normalized spacial score (nSPS) is 17.4. The van der Waals surface area contributed by atoms with Crippen molar-refractivity contribution >= 4 is 34.8 Å². The van der Waals surface area contributed by atoms with E-state index in [-0.39, 0.29) is 11.8 Å². The molecule has 2 aromatic rings. The lowest BCUT2D eigenvalue weighted by Crippen LogP contribution is -2.33. The highest BCUT2D eigenvalue weighted by Gasteiger charge is 2.37. The summed E-state index contributed by atoms with van der Waals surface area (Å²) >= 11 is 5.87. The summed E-state index contributed by atoms with van der Waals surface area (Å²) < 4.78 is 13.3. The maximum atomic E-state index is 13.3. The lowest BCUT2D eigenvalue weighted by molar-refractivity contribution is -0.129. The zero-order chi connectivity index (χ0) is 16.4. The van der Waals surface area contributed by atoms with Crippen molar-refractivity contribution in [3.63, 3.8) is 0 Å². The van der Waals surface area contributed by atoms with Crippen LogP contribution >= 0.6 is 11.6 Å². The molecule has 3 rings (SSSR count). The summed E-state index contributed by atoms with van der Waals surface area (Å²) in [5.41, 5.74) is 1.01. The fourth-order valence-electron chi connectivity index (χ4n) is 2.62. The molecule has 2 aromatic carbocycles. The molecule has 2 amide bonds. The molecule has 6 heteroatoms. The Morgan fingerprint density at radius 1 is 1.22 bits per heavy atom. The molecule has 118 valence electrons. The van der Waals surface area contributed by atoms with Gasteiger partial charge in [0, 0.05) is 22.9 Å². The highest BCUT2D eigenvalue weighted by molar-refractivity contribution is 6.31. The van der Waals surface area contributed by atoms with Gasteiger partial charge < -0.3 is 10.2 Å². The number of carbonyl (C=O) groups is 2. The minimum Gasteiger partial charge on any atom is -0.325 e. The second-order valence-corrected chi connectivity index (χ2v) is 5.75. The fraction of sp³-hybridized carbons (Fsp3) is 0.176. The summed E-state index contributed by atoms with van der Waals surface area (Å²) in [7, 11) is 0. The molecule has 0 unspecified atom stereocenters. The van der Waals surface area contributed by atoms with Gasteiger partial charge in [0.25, 0.3) is 0 Å². The van der Waals surface area contributed by atoms with Crippen LogP contribution in [0.1, 0.15) is 6.42 Å². The Morgan fingerprint density at radius 3 is 2.74 bits per heavy atom. The second kappa shape index (κ2) is 6.38. The molecule has 1 atom stereocenters. The molecule has 1 N–H and O–H groups in total. The summed E-state index contributed by atoms with van der Waals surface area (Å²) in [6.45, 7) is 0.385. The number of carbonyl (C=O) groups excluding carboxylic acids is 2. The predicted octanol–water partition coefficient (Wildman–Crippen LogP) is 3.47. The number of halogens is 2. The van der Waals surface area contributed by atoms with E-state index in [1.54, 1.807) is 30.3 Å². The molecule has 23 heavy (non-hydrogen) atoms. The number of rotatable bonds is 3. The van der Waals surface area contributed by atoms with Gasteiger partial charge in [0.05, 0.1) is 0 Å². The third-order valence-electron chi connectivity index (χ3n) is 3.73. The molecule has 0 saturated carbocycles. The van der Waals surface area contributed by atoms with Crippen LogP contribution < -0.4 is 10.2 Å². The molecule has 0 aromatic heterocycles. The number of anilines is 2. The lowest BCUT2D eigenvalue weighted by atomic mass is 10.1. The molecule has 1 saturated heterocycles. The number of benzene rings is 2. The maximum Gasteiger partial charge on any atom is 0.239 e. The zero-order valence-electron chi connectivity index (χ0n) is 12.1. The van der Waals surface area contributed by atoms with Gasteiger partial charge in [-0.05, 0) is 42.8 Å². The first-order valence-electron chi connectivity index (χ1n) is 7.18. The van der Waals surface area contributed by atoms with Crippen molar-refractivity contribution in [1.29, 1.82) is 0 Å². The number of nitrogens with one attached hydrogen (secondary N) is 1. The first-order chi connectivity index (χ1) is 11.0. The van der Waals surface area contributed by atoms with Crippen molar-refractivity contribution in [3.05, 3.63) is 59.4 Å². The SMILES string of the molecule is O=C(Nc1cccc(Cl)c1)[C@@H]1CCN(c2cccc(F)c2)C1=O. The number of hydrogen-bond acceptors (Lipinski definition) is 2. The summed E-state index contributed by atoms with van der Waals surface area (Å²) in [5.74, 6) is -1.90. The van der Waals surface area contributed by atoms with Crippen LogP contribution in [0, 0.1) is 11.7 Å². The lowest BCUT2D eigenvalue weighted by Gasteiger charge is -2.16. The summed E-state index contributed by atoms with van der Waals surface area (Å²) in [6, 6.07) is 12.5. The molecule has 0 aliphatic carbocycles. The van der Waals surface area contributed by atoms with E-state index < -0.39 is 11.7 Å². The Balaban J connectivity index is 1.72. The zero-order valence-corrected chi connectivity index (χ0v) is 12.9. The largest absolute Gasteiger partial charge is 0.325 e. The molecule has 4 nitrogen and oxygen atoms in total. The highest BCUT2D eigenvalue weighted by Crippen LogP contribution is 2.27. The number of nitrogens with zero attached hydrogens (tertiary/aromatic N) is 1. The van der Waals surface area contributed by atoms with Crippen LogP contribution in [0.5, 0.6) is 0 Å². The fourth-order valence-corrected chi connectivity index (χ4v) is 2.81. The van der Waals surface area contributed by atoms with Crippen molar-refractivity contribution < 1.29 is 14.0 Å². The highest BCUT2D eigenvalue weighted by atomic mass is 35.5. The number of amides is 2. The molecule has 1 aliphatic heterocycles. The summed E-state index contributed by atoms with van der Waals surface area (Å²) in [4.78, 5) is 26.2. The van der Waals surface area contributed by atoms with Gasteiger partial charge in [-0.15, -0.1) is 0 Å². The van der Waals surface area contributed by atoms with Gasteiger partial charge in [-0.1, -0.05) is 23.7 Å². The molecule has 1 heterocycles. The van der Waals surface area contributed by atoms with E-state index in [0.29, 0.717) is 29.4 Å². The average molecular weight is 333 g/mol. The van der Waals surface area contributed by atoms with Gasteiger partial charge in [-0.3, -0.25) is 9.59 Å². The van der Waals surface area contributed by atoms with E-state index >= 15 is 0 Å². The Bertz CT molecular complexity index is 766. The Labute approximate surface area is 137 Å². The van der Waals surface area contributed by atoms with Gasteiger partial charge in [-0.2, -0.15) is 0 Å². The van der Waals surface area contributed by atoms with E-state index in [1.807, 2.05) is 0 Å². The van der Waals surface area contributed by atoms with E-state index in [0.717, 1.165) is 0 Å². The van der Waals surface area contributed by atoms with E-state index in [2.05, 4.69) is 5.32 Å². The third-order valence-corrected chi connectivity index (χ3v) is 3.97. The minimum absolute atomic E-state index is 0.324. The first kappa shape index (κ1) is 15.5. The maximum absolute atomic E-state index is 13.3. The molecule has 1 fully saturated rings. The molecular weight excluding hydrogens is 319 g/mol. The van der Waals surface area contributed by atoms with Crippen LogP contribution in [-0.4, -0.2) is 18.4 Å². The molecule has 1 aliphatic rings. The first-order valence-corrected chi connectivity index (χ1v) is 7.56. The van der Waals surface area contributed by atoms with Gasteiger partial charge in [0.15, 0.2) is 0 Å². The predicted molar refractivity (Wildman–Crippen MR) is 86.9 cm³/mol. The van der Waals surface area contributed by atoms with Crippen LogP contribution in [-0.2, 0) is 9.59 Å². The van der Waals surface area contributed by atoms with Crippen molar-refractivity contribution in [2.24, 2.45) is 5.92 Å². The Hall–Kier alpha value is -2.40. The van der Waals surface area contributed by atoms with Crippen molar-refractivity contribution in [3.8, 4) is 0 Å².